The minimum absolute atomic E-state index is 0.200. The van der Waals surface area contributed by atoms with Crippen LogP contribution in [0, 0.1) is 22.7 Å². The summed E-state index contributed by atoms with van der Waals surface area (Å²) in [6.07, 6.45) is 3.18. The van der Waals surface area contributed by atoms with E-state index in [4.69, 9.17) is 5.26 Å². The number of hydrogen-bond donors (Lipinski definition) is 0. The van der Waals surface area contributed by atoms with Crippen LogP contribution in [0.1, 0.15) is 37.2 Å². The van der Waals surface area contributed by atoms with E-state index in [0.29, 0.717) is 12.8 Å². The molecule has 0 spiro atoms. The Balaban J connectivity index is 2.38. The summed E-state index contributed by atoms with van der Waals surface area (Å²) >= 11 is 0. The van der Waals surface area contributed by atoms with Crippen molar-refractivity contribution in [3.05, 3.63) is 35.9 Å². The van der Waals surface area contributed by atoms with E-state index in [2.05, 4.69) is 29.2 Å². The Morgan fingerprint density at radius 3 is 2.68 bits per heavy atom. The third-order valence-corrected chi connectivity index (χ3v) is 4.26. The van der Waals surface area contributed by atoms with Gasteiger partial charge in [-0.15, -0.1) is 0 Å². The number of nitrogens with zero attached hydrogens (tertiary/aromatic N) is 3. The molecule has 0 N–H and O–H groups in total. The van der Waals surface area contributed by atoms with Gasteiger partial charge in [-0.25, -0.2) is 0 Å². The molecule has 0 saturated carbocycles. The van der Waals surface area contributed by atoms with Crippen molar-refractivity contribution < 1.29 is 0 Å². The van der Waals surface area contributed by atoms with Gasteiger partial charge in [-0.1, -0.05) is 30.3 Å². The quantitative estimate of drug-likeness (QED) is 0.831. The largest absolute Gasteiger partial charge is 0.288 e. The Morgan fingerprint density at radius 1 is 1.32 bits per heavy atom. The number of likely N-dealkylation sites (N-methyl/N-ethyl adjacent to an activating group) is 1. The number of nitriles is 2. The molecule has 3 nitrogen and oxygen atoms in total. The van der Waals surface area contributed by atoms with Crippen LogP contribution in [0.25, 0.3) is 0 Å². The maximum atomic E-state index is 9.77. The molecule has 0 bridgehead atoms. The first-order chi connectivity index (χ1) is 9.24. The summed E-state index contributed by atoms with van der Waals surface area (Å²) in [5.74, 6) is 0.200. The maximum Gasteiger partial charge on any atom is 0.116 e. The Bertz CT molecular complexity index is 497. The number of benzene rings is 1. The topological polar surface area (TPSA) is 50.8 Å². The molecule has 1 aromatic carbocycles. The van der Waals surface area contributed by atoms with Crippen LogP contribution in [0.2, 0.25) is 0 Å². The van der Waals surface area contributed by atoms with Gasteiger partial charge in [0.1, 0.15) is 5.54 Å². The molecule has 0 unspecified atom stereocenters. The van der Waals surface area contributed by atoms with Crippen LogP contribution >= 0.6 is 0 Å². The average Bonchev–Trinajstić information content (AvgIpc) is 2.47. The summed E-state index contributed by atoms with van der Waals surface area (Å²) in [5, 5.41) is 18.6. The van der Waals surface area contributed by atoms with Crippen LogP contribution in [-0.4, -0.2) is 24.0 Å². The molecule has 1 heterocycles. The van der Waals surface area contributed by atoms with E-state index in [1.807, 2.05) is 25.2 Å². The van der Waals surface area contributed by atoms with E-state index >= 15 is 0 Å². The van der Waals surface area contributed by atoms with Gasteiger partial charge in [0.25, 0.3) is 0 Å². The number of rotatable bonds is 3. The summed E-state index contributed by atoms with van der Waals surface area (Å²) in [7, 11) is 2.01. The van der Waals surface area contributed by atoms with Crippen molar-refractivity contribution in [1.82, 2.24) is 4.90 Å². The fraction of sp³-hybridized carbons (Fsp3) is 0.500. The summed E-state index contributed by atoms with van der Waals surface area (Å²) in [5.41, 5.74) is 0.684. The standard InChI is InChI=1S/C16H19N3/c1-19-12-5-9-15(14-7-3-2-4-8-14)16(19,13-18)10-6-11-17/h2-4,7-8,15H,5-6,9-10,12H2,1H3/t15-,16+/m1/s1. The Morgan fingerprint density at radius 2 is 2.05 bits per heavy atom. The van der Waals surface area contributed by atoms with Gasteiger partial charge in [0.2, 0.25) is 0 Å². The second-order valence-corrected chi connectivity index (χ2v) is 5.22. The first kappa shape index (κ1) is 13.6. The zero-order chi connectivity index (χ0) is 13.7. The van der Waals surface area contributed by atoms with E-state index in [0.717, 1.165) is 19.4 Å². The molecule has 0 radical (unpaired) electrons. The molecular formula is C16H19N3. The third-order valence-electron chi connectivity index (χ3n) is 4.26. The smallest absolute Gasteiger partial charge is 0.116 e. The monoisotopic (exact) mass is 253 g/mol. The molecule has 0 aromatic heterocycles. The highest BCUT2D eigenvalue weighted by molar-refractivity contribution is 5.30. The summed E-state index contributed by atoms with van der Waals surface area (Å²) in [6.45, 7) is 0.933. The Hall–Kier alpha value is -1.84. The van der Waals surface area contributed by atoms with Gasteiger partial charge >= 0.3 is 0 Å². The fourth-order valence-electron chi connectivity index (χ4n) is 3.20. The van der Waals surface area contributed by atoms with E-state index in [1.165, 1.54) is 5.56 Å². The van der Waals surface area contributed by atoms with Crippen molar-refractivity contribution in [1.29, 1.82) is 10.5 Å². The van der Waals surface area contributed by atoms with Crippen molar-refractivity contribution >= 4 is 0 Å². The molecule has 1 aliphatic rings. The van der Waals surface area contributed by atoms with Crippen LogP contribution < -0.4 is 0 Å². The molecule has 0 aliphatic carbocycles. The number of hydrogen-bond acceptors (Lipinski definition) is 3. The van der Waals surface area contributed by atoms with E-state index in [9.17, 15) is 5.26 Å². The minimum atomic E-state index is -0.532. The molecule has 2 rings (SSSR count). The summed E-state index contributed by atoms with van der Waals surface area (Å²) < 4.78 is 0. The lowest BCUT2D eigenvalue weighted by molar-refractivity contribution is 0.0913. The highest BCUT2D eigenvalue weighted by Gasteiger charge is 2.45. The van der Waals surface area contributed by atoms with Crippen LogP contribution in [0.5, 0.6) is 0 Å². The molecule has 3 heteroatoms. The highest BCUT2D eigenvalue weighted by Crippen LogP contribution is 2.42. The molecule has 19 heavy (non-hydrogen) atoms. The first-order valence-corrected chi connectivity index (χ1v) is 6.79. The number of piperidine rings is 1. The van der Waals surface area contributed by atoms with Crippen molar-refractivity contribution in [3.8, 4) is 12.1 Å². The van der Waals surface area contributed by atoms with Gasteiger partial charge < -0.3 is 0 Å². The molecule has 2 atom stereocenters. The molecule has 1 fully saturated rings. The van der Waals surface area contributed by atoms with Crippen LogP contribution in [0.3, 0.4) is 0 Å². The van der Waals surface area contributed by atoms with Gasteiger partial charge in [-0.05, 0) is 38.4 Å². The average molecular weight is 253 g/mol. The number of likely N-dealkylation sites (tertiary alicyclic amines) is 1. The van der Waals surface area contributed by atoms with Crippen LogP contribution in [0.15, 0.2) is 30.3 Å². The van der Waals surface area contributed by atoms with Crippen molar-refractivity contribution in [2.45, 2.75) is 37.1 Å². The molecule has 1 aromatic rings. The van der Waals surface area contributed by atoms with E-state index < -0.39 is 5.54 Å². The van der Waals surface area contributed by atoms with Crippen LogP contribution in [0.4, 0.5) is 0 Å². The zero-order valence-electron chi connectivity index (χ0n) is 11.3. The molecule has 98 valence electrons. The lowest BCUT2D eigenvalue weighted by Gasteiger charge is -2.46. The van der Waals surface area contributed by atoms with Crippen molar-refractivity contribution in [3.63, 3.8) is 0 Å². The Kier molecular flexibility index (Phi) is 4.20. The van der Waals surface area contributed by atoms with Gasteiger partial charge in [0, 0.05) is 12.3 Å². The zero-order valence-corrected chi connectivity index (χ0v) is 11.3. The van der Waals surface area contributed by atoms with E-state index in [-0.39, 0.29) is 5.92 Å². The SMILES string of the molecule is CN1CCC[C@H](c2ccccc2)[C@@]1(C#N)CCC#N. The van der Waals surface area contributed by atoms with E-state index in [1.54, 1.807) is 0 Å². The lowest BCUT2D eigenvalue weighted by atomic mass is 9.71. The van der Waals surface area contributed by atoms with Gasteiger partial charge in [-0.2, -0.15) is 10.5 Å². The normalized spacial score (nSPS) is 27.4. The minimum Gasteiger partial charge on any atom is -0.288 e. The van der Waals surface area contributed by atoms with Crippen molar-refractivity contribution in [2.75, 3.05) is 13.6 Å². The predicted octanol–water partition coefficient (Wildman–Crippen LogP) is 3.06. The molecule has 1 saturated heterocycles. The molecular weight excluding hydrogens is 234 g/mol. The van der Waals surface area contributed by atoms with Gasteiger partial charge in [0.05, 0.1) is 12.1 Å². The second kappa shape index (κ2) is 5.87. The maximum absolute atomic E-state index is 9.77. The van der Waals surface area contributed by atoms with Crippen LogP contribution in [-0.2, 0) is 0 Å². The fourth-order valence-corrected chi connectivity index (χ4v) is 3.20. The molecule has 0 amide bonds. The summed E-state index contributed by atoms with van der Waals surface area (Å²) in [4.78, 5) is 2.14. The second-order valence-electron chi connectivity index (χ2n) is 5.22. The van der Waals surface area contributed by atoms with Crippen molar-refractivity contribution in [2.24, 2.45) is 0 Å². The Labute approximate surface area is 115 Å². The van der Waals surface area contributed by atoms with Gasteiger partial charge in [0.15, 0.2) is 0 Å². The summed E-state index contributed by atoms with van der Waals surface area (Å²) in [6, 6.07) is 15.0. The first-order valence-electron chi connectivity index (χ1n) is 6.79. The third kappa shape index (κ3) is 2.48. The highest BCUT2D eigenvalue weighted by atomic mass is 15.2. The van der Waals surface area contributed by atoms with Gasteiger partial charge in [-0.3, -0.25) is 4.90 Å². The lowest BCUT2D eigenvalue weighted by Crippen LogP contribution is -2.53. The predicted molar refractivity (Wildman–Crippen MR) is 74.2 cm³/mol. The molecule has 1 aliphatic heterocycles.